The second kappa shape index (κ2) is 6.72. The molecule has 2 aromatic rings. The zero-order valence-electron chi connectivity index (χ0n) is 13.3. The summed E-state index contributed by atoms with van der Waals surface area (Å²) < 4.78 is 22.1. The maximum absolute atomic E-state index is 12.2. The van der Waals surface area contributed by atoms with Crippen molar-refractivity contribution in [2.45, 2.75) is 6.10 Å². The Hall–Kier alpha value is -3.22. The molecule has 2 aliphatic rings. The highest BCUT2D eigenvalue weighted by atomic mass is 16.6. The van der Waals surface area contributed by atoms with Crippen molar-refractivity contribution in [1.29, 1.82) is 0 Å². The Morgan fingerprint density at radius 2 is 1.76 bits per heavy atom. The van der Waals surface area contributed by atoms with E-state index in [-0.39, 0.29) is 12.5 Å². The number of carbonyl (C=O) groups is 1. The number of hydrogen-bond acceptors (Lipinski definition) is 6. The van der Waals surface area contributed by atoms with E-state index in [0.29, 0.717) is 36.2 Å². The second-order valence-electron chi connectivity index (χ2n) is 5.50. The predicted molar refractivity (Wildman–Crippen MR) is 89.5 cm³/mol. The van der Waals surface area contributed by atoms with Gasteiger partial charge in [0.25, 0.3) is 5.91 Å². The molecule has 0 bridgehead atoms. The van der Waals surface area contributed by atoms with Crippen LogP contribution >= 0.6 is 0 Å². The minimum absolute atomic E-state index is 0.141. The first-order valence-corrected chi connectivity index (χ1v) is 7.91. The van der Waals surface area contributed by atoms with Gasteiger partial charge in [-0.25, -0.2) is 5.43 Å². The summed E-state index contributed by atoms with van der Waals surface area (Å²) in [4.78, 5) is 12.2. The van der Waals surface area contributed by atoms with Gasteiger partial charge in [0.15, 0.2) is 23.0 Å². The van der Waals surface area contributed by atoms with Crippen LogP contribution in [0.15, 0.2) is 47.6 Å². The summed E-state index contributed by atoms with van der Waals surface area (Å²) in [5.74, 6) is 2.18. The van der Waals surface area contributed by atoms with Crippen LogP contribution in [-0.2, 0) is 4.79 Å². The third-order valence-electron chi connectivity index (χ3n) is 3.76. The smallest absolute Gasteiger partial charge is 0.284 e. The summed E-state index contributed by atoms with van der Waals surface area (Å²) in [7, 11) is 0. The highest BCUT2D eigenvalue weighted by molar-refractivity contribution is 5.85. The molecule has 1 atom stereocenters. The van der Waals surface area contributed by atoms with Crippen LogP contribution in [0.5, 0.6) is 23.0 Å². The lowest BCUT2D eigenvalue weighted by molar-refractivity contribution is -0.130. The molecule has 2 aliphatic heterocycles. The van der Waals surface area contributed by atoms with E-state index in [9.17, 15) is 4.79 Å². The lowest BCUT2D eigenvalue weighted by Crippen LogP contribution is -2.42. The monoisotopic (exact) mass is 340 g/mol. The zero-order valence-corrected chi connectivity index (χ0v) is 13.3. The molecule has 0 radical (unpaired) electrons. The van der Waals surface area contributed by atoms with Crippen LogP contribution in [0.25, 0.3) is 0 Å². The molecule has 4 rings (SSSR count). The lowest BCUT2D eigenvalue weighted by atomic mass is 10.2. The van der Waals surface area contributed by atoms with Crippen LogP contribution in [0.4, 0.5) is 0 Å². The van der Waals surface area contributed by atoms with Gasteiger partial charge in [0, 0.05) is 0 Å². The summed E-state index contributed by atoms with van der Waals surface area (Å²) in [6, 6.07) is 12.7. The normalized spacial score (nSPS) is 18.0. The van der Waals surface area contributed by atoms with Crippen molar-refractivity contribution in [1.82, 2.24) is 5.43 Å². The predicted octanol–water partition coefficient (Wildman–Crippen LogP) is 1.75. The molecule has 0 saturated heterocycles. The van der Waals surface area contributed by atoms with E-state index < -0.39 is 6.10 Å². The van der Waals surface area contributed by atoms with E-state index in [4.69, 9.17) is 18.9 Å². The topological polar surface area (TPSA) is 78.4 Å². The van der Waals surface area contributed by atoms with E-state index in [1.165, 1.54) is 6.21 Å². The van der Waals surface area contributed by atoms with E-state index in [0.717, 1.165) is 5.56 Å². The maximum atomic E-state index is 12.2. The fourth-order valence-electron chi connectivity index (χ4n) is 2.53. The van der Waals surface area contributed by atoms with Crippen molar-refractivity contribution >= 4 is 12.1 Å². The minimum Gasteiger partial charge on any atom is -0.486 e. The number of ether oxygens (including phenoxy) is 4. The van der Waals surface area contributed by atoms with Gasteiger partial charge in [-0.05, 0) is 35.9 Å². The Labute approximate surface area is 144 Å². The second-order valence-corrected chi connectivity index (χ2v) is 5.50. The number of fused-ring (bicyclic) bond motifs is 2. The minimum atomic E-state index is -0.743. The molecular weight excluding hydrogens is 324 g/mol. The number of benzene rings is 2. The van der Waals surface area contributed by atoms with Gasteiger partial charge in [0.1, 0.15) is 19.8 Å². The van der Waals surface area contributed by atoms with Gasteiger partial charge in [-0.3, -0.25) is 4.79 Å². The molecule has 0 unspecified atom stereocenters. The maximum Gasteiger partial charge on any atom is 0.284 e. The number of nitrogens with zero attached hydrogens (tertiary/aromatic N) is 1. The van der Waals surface area contributed by atoms with Gasteiger partial charge < -0.3 is 18.9 Å². The van der Waals surface area contributed by atoms with Gasteiger partial charge in [-0.1, -0.05) is 12.1 Å². The van der Waals surface area contributed by atoms with Gasteiger partial charge >= 0.3 is 0 Å². The van der Waals surface area contributed by atoms with Crippen LogP contribution in [0.1, 0.15) is 5.56 Å². The first-order chi connectivity index (χ1) is 12.3. The number of para-hydroxylation sites is 2. The van der Waals surface area contributed by atoms with Crippen LogP contribution < -0.4 is 24.4 Å². The molecule has 0 spiro atoms. The average Bonchev–Trinajstić information content (AvgIpc) is 2.67. The van der Waals surface area contributed by atoms with E-state index >= 15 is 0 Å². The summed E-state index contributed by atoms with van der Waals surface area (Å²) in [6.45, 7) is 1.20. The molecule has 0 saturated carbocycles. The Morgan fingerprint density at radius 1 is 1.00 bits per heavy atom. The zero-order chi connectivity index (χ0) is 17.1. The van der Waals surface area contributed by atoms with Crippen molar-refractivity contribution < 1.29 is 23.7 Å². The van der Waals surface area contributed by atoms with E-state index in [1.807, 2.05) is 24.3 Å². The van der Waals surface area contributed by atoms with Crippen molar-refractivity contribution in [2.75, 3.05) is 19.8 Å². The molecule has 25 heavy (non-hydrogen) atoms. The van der Waals surface area contributed by atoms with E-state index in [2.05, 4.69) is 10.5 Å². The fourth-order valence-corrected chi connectivity index (χ4v) is 2.53. The third-order valence-corrected chi connectivity index (χ3v) is 3.76. The molecule has 7 nitrogen and oxygen atoms in total. The Balaban J connectivity index is 1.37. The molecule has 0 aromatic heterocycles. The molecule has 7 heteroatoms. The number of hydrogen-bond donors (Lipinski definition) is 1. The van der Waals surface area contributed by atoms with Crippen molar-refractivity contribution in [3.63, 3.8) is 0 Å². The number of amides is 1. The fraction of sp³-hybridized carbons (Fsp3) is 0.222. The third kappa shape index (κ3) is 3.35. The van der Waals surface area contributed by atoms with Gasteiger partial charge in [0.05, 0.1) is 6.21 Å². The standard InChI is InChI=1S/C18H16N2O5/c21-18(17-11-24-13-3-1-2-4-15(13)25-17)20-19-10-12-5-6-14-16(9-12)23-8-7-22-14/h1-6,9-10,17H,7-8,11H2,(H,20,21)/b19-10-/t17-/m1/s1. The van der Waals surface area contributed by atoms with Crippen molar-refractivity contribution in [2.24, 2.45) is 5.10 Å². The average molecular weight is 340 g/mol. The molecule has 128 valence electrons. The van der Waals surface area contributed by atoms with Crippen molar-refractivity contribution in [3.8, 4) is 23.0 Å². The number of carbonyl (C=O) groups excluding carboxylic acids is 1. The van der Waals surface area contributed by atoms with Crippen LogP contribution in [-0.4, -0.2) is 38.0 Å². The first kappa shape index (κ1) is 15.3. The highest BCUT2D eigenvalue weighted by Crippen LogP contribution is 2.31. The summed E-state index contributed by atoms with van der Waals surface area (Å²) >= 11 is 0. The Kier molecular flexibility index (Phi) is 4.12. The first-order valence-electron chi connectivity index (χ1n) is 7.91. The van der Waals surface area contributed by atoms with Gasteiger partial charge in [-0.15, -0.1) is 0 Å². The number of rotatable bonds is 3. The Morgan fingerprint density at radius 3 is 2.64 bits per heavy atom. The van der Waals surface area contributed by atoms with Gasteiger partial charge in [0.2, 0.25) is 6.10 Å². The number of nitrogens with one attached hydrogen (secondary N) is 1. The molecule has 0 aliphatic carbocycles. The molecule has 2 aromatic carbocycles. The van der Waals surface area contributed by atoms with Crippen LogP contribution in [0.3, 0.4) is 0 Å². The summed E-state index contributed by atoms with van der Waals surface area (Å²) in [5.41, 5.74) is 3.25. The molecule has 0 fully saturated rings. The molecular formula is C18H16N2O5. The van der Waals surface area contributed by atoms with Gasteiger partial charge in [-0.2, -0.15) is 5.10 Å². The molecule has 2 heterocycles. The SMILES string of the molecule is O=C(N/N=C\c1ccc2c(c1)OCCO2)[C@H]1COc2ccccc2O1. The quantitative estimate of drug-likeness (QED) is 0.680. The van der Waals surface area contributed by atoms with Crippen LogP contribution in [0, 0.1) is 0 Å². The molecule has 1 N–H and O–H groups in total. The number of hydrazone groups is 1. The molecule has 1 amide bonds. The van der Waals surface area contributed by atoms with E-state index in [1.54, 1.807) is 18.2 Å². The largest absolute Gasteiger partial charge is 0.486 e. The van der Waals surface area contributed by atoms with Crippen LogP contribution in [0.2, 0.25) is 0 Å². The highest BCUT2D eigenvalue weighted by Gasteiger charge is 2.27. The lowest BCUT2D eigenvalue weighted by Gasteiger charge is -2.24. The van der Waals surface area contributed by atoms with Crippen molar-refractivity contribution in [3.05, 3.63) is 48.0 Å². The Bertz CT molecular complexity index is 821. The summed E-state index contributed by atoms with van der Waals surface area (Å²) in [6.07, 6.45) is 0.792. The summed E-state index contributed by atoms with van der Waals surface area (Å²) in [5, 5.41) is 3.97.